The second kappa shape index (κ2) is 4.25. The summed E-state index contributed by atoms with van der Waals surface area (Å²) in [6, 6.07) is 8.04. The molecule has 0 bridgehead atoms. The molecule has 2 N–H and O–H groups in total. The van der Waals surface area contributed by atoms with Crippen molar-refractivity contribution in [3.05, 3.63) is 29.3 Å². The molecule has 16 heavy (non-hydrogen) atoms. The van der Waals surface area contributed by atoms with Crippen LogP contribution in [0.25, 0.3) is 0 Å². The summed E-state index contributed by atoms with van der Waals surface area (Å²) in [5.41, 5.74) is 6.38. The molecule has 1 fully saturated rings. The second-order valence-electron chi connectivity index (χ2n) is 5.46. The summed E-state index contributed by atoms with van der Waals surface area (Å²) in [4.78, 5) is 1.27. The van der Waals surface area contributed by atoms with Crippen LogP contribution in [0.4, 0.5) is 0 Å². The summed E-state index contributed by atoms with van der Waals surface area (Å²) >= 11 is 7.78. The van der Waals surface area contributed by atoms with Crippen LogP contribution in [0.3, 0.4) is 0 Å². The highest BCUT2D eigenvalue weighted by Gasteiger charge is 2.48. The van der Waals surface area contributed by atoms with E-state index in [0.717, 1.165) is 11.6 Å². The molecular formula is C13H18ClNS. The van der Waals surface area contributed by atoms with Crippen LogP contribution >= 0.6 is 23.4 Å². The molecular weight excluding hydrogens is 238 g/mol. The van der Waals surface area contributed by atoms with E-state index in [0.29, 0.717) is 5.41 Å². The quantitative estimate of drug-likeness (QED) is 0.885. The summed E-state index contributed by atoms with van der Waals surface area (Å²) in [6.45, 7) is 5.37. The molecule has 0 atom stereocenters. The highest BCUT2D eigenvalue weighted by molar-refractivity contribution is 8.00. The molecule has 1 aliphatic rings. The maximum atomic E-state index is 5.92. The van der Waals surface area contributed by atoms with Gasteiger partial charge in [-0.05, 0) is 42.5 Å². The smallest absolute Gasteiger partial charge is 0.0406 e. The summed E-state index contributed by atoms with van der Waals surface area (Å²) in [5.74, 6) is 0. The number of rotatable bonds is 3. The zero-order valence-electron chi connectivity index (χ0n) is 9.79. The van der Waals surface area contributed by atoms with Crippen molar-refractivity contribution in [2.75, 3.05) is 6.54 Å². The molecule has 2 rings (SSSR count). The average molecular weight is 256 g/mol. The van der Waals surface area contributed by atoms with Crippen molar-refractivity contribution in [1.29, 1.82) is 0 Å². The normalized spacial score (nSPS) is 21.5. The van der Waals surface area contributed by atoms with E-state index in [9.17, 15) is 0 Å². The van der Waals surface area contributed by atoms with Crippen molar-refractivity contribution in [3.63, 3.8) is 0 Å². The monoisotopic (exact) mass is 255 g/mol. The van der Waals surface area contributed by atoms with Crippen molar-refractivity contribution in [3.8, 4) is 0 Å². The van der Waals surface area contributed by atoms with Crippen molar-refractivity contribution in [1.82, 2.24) is 0 Å². The Bertz CT molecular complexity index is 364. The van der Waals surface area contributed by atoms with Gasteiger partial charge in [-0.15, -0.1) is 11.8 Å². The minimum absolute atomic E-state index is 0.247. The molecule has 0 amide bonds. The number of benzene rings is 1. The van der Waals surface area contributed by atoms with Gasteiger partial charge in [-0.2, -0.15) is 0 Å². The van der Waals surface area contributed by atoms with E-state index in [4.69, 9.17) is 17.3 Å². The molecule has 1 aliphatic carbocycles. The van der Waals surface area contributed by atoms with Gasteiger partial charge in [0.2, 0.25) is 0 Å². The van der Waals surface area contributed by atoms with Crippen LogP contribution in [0, 0.1) is 5.41 Å². The Balaban J connectivity index is 2.06. The standard InChI is InChI=1S/C13H18ClNS/c1-12(2)7-13(8-12,9-15)16-11-5-3-10(14)4-6-11/h3-6H,7-9,15H2,1-2H3. The molecule has 0 radical (unpaired) electrons. The Morgan fingerprint density at radius 3 is 2.25 bits per heavy atom. The van der Waals surface area contributed by atoms with Crippen LogP contribution in [0.1, 0.15) is 26.7 Å². The Morgan fingerprint density at radius 1 is 1.25 bits per heavy atom. The van der Waals surface area contributed by atoms with Crippen LogP contribution in [0.2, 0.25) is 5.02 Å². The van der Waals surface area contributed by atoms with Gasteiger partial charge in [0, 0.05) is 21.2 Å². The van der Waals surface area contributed by atoms with Gasteiger partial charge >= 0.3 is 0 Å². The highest BCUT2D eigenvalue weighted by Crippen LogP contribution is 2.56. The molecule has 0 heterocycles. The first-order valence-corrected chi connectivity index (χ1v) is 6.79. The second-order valence-corrected chi connectivity index (χ2v) is 7.44. The SMILES string of the molecule is CC1(C)CC(CN)(Sc2ccc(Cl)cc2)C1. The lowest BCUT2D eigenvalue weighted by Crippen LogP contribution is -2.51. The minimum Gasteiger partial charge on any atom is -0.329 e. The van der Waals surface area contributed by atoms with Gasteiger partial charge < -0.3 is 5.73 Å². The first kappa shape index (κ1) is 12.3. The van der Waals surface area contributed by atoms with Gasteiger partial charge in [0.25, 0.3) is 0 Å². The third kappa shape index (κ3) is 2.55. The fourth-order valence-electron chi connectivity index (χ4n) is 2.70. The lowest BCUT2D eigenvalue weighted by Gasteiger charge is -2.52. The third-order valence-corrected chi connectivity index (χ3v) is 4.77. The molecule has 1 aromatic rings. The van der Waals surface area contributed by atoms with Crippen molar-refractivity contribution in [2.24, 2.45) is 11.1 Å². The minimum atomic E-state index is 0.247. The van der Waals surface area contributed by atoms with E-state index in [-0.39, 0.29) is 4.75 Å². The fourth-order valence-corrected chi connectivity index (χ4v) is 4.61. The molecule has 3 heteroatoms. The first-order chi connectivity index (χ1) is 7.45. The molecule has 0 spiro atoms. The largest absolute Gasteiger partial charge is 0.329 e. The number of halogens is 1. The molecule has 1 saturated carbocycles. The van der Waals surface area contributed by atoms with Crippen LogP contribution in [-0.4, -0.2) is 11.3 Å². The highest BCUT2D eigenvalue weighted by atomic mass is 35.5. The van der Waals surface area contributed by atoms with Gasteiger partial charge in [-0.1, -0.05) is 25.4 Å². The maximum absolute atomic E-state index is 5.92. The Hall–Kier alpha value is -0.180. The molecule has 88 valence electrons. The van der Waals surface area contributed by atoms with E-state index >= 15 is 0 Å². The third-order valence-electron chi connectivity index (χ3n) is 3.12. The fraction of sp³-hybridized carbons (Fsp3) is 0.538. The van der Waals surface area contributed by atoms with E-state index in [1.165, 1.54) is 17.7 Å². The summed E-state index contributed by atoms with van der Waals surface area (Å²) in [5, 5.41) is 0.792. The van der Waals surface area contributed by atoms with Crippen LogP contribution in [0.5, 0.6) is 0 Å². The molecule has 0 saturated heterocycles. The average Bonchev–Trinajstić information content (AvgIpc) is 2.18. The summed E-state index contributed by atoms with van der Waals surface area (Å²) in [7, 11) is 0. The number of hydrogen-bond acceptors (Lipinski definition) is 2. The molecule has 0 aliphatic heterocycles. The Kier molecular flexibility index (Phi) is 3.26. The zero-order valence-corrected chi connectivity index (χ0v) is 11.4. The van der Waals surface area contributed by atoms with Crippen LogP contribution in [0.15, 0.2) is 29.2 Å². The van der Waals surface area contributed by atoms with Crippen molar-refractivity contribution < 1.29 is 0 Å². The maximum Gasteiger partial charge on any atom is 0.0406 e. The van der Waals surface area contributed by atoms with Gasteiger partial charge in [0.1, 0.15) is 0 Å². The van der Waals surface area contributed by atoms with E-state index < -0.39 is 0 Å². The van der Waals surface area contributed by atoms with Crippen molar-refractivity contribution >= 4 is 23.4 Å². The Morgan fingerprint density at radius 2 is 1.81 bits per heavy atom. The van der Waals surface area contributed by atoms with Gasteiger partial charge in [-0.3, -0.25) is 0 Å². The van der Waals surface area contributed by atoms with E-state index in [2.05, 4.69) is 26.0 Å². The van der Waals surface area contributed by atoms with E-state index in [1.54, 1.807) is 0 Å². The topological polar surface area (TPSA) is 26.0 Å². The summed E-state index contributed by atoms with van der Waals surface area (Å²) in [6.07, 6.45) is 2.40. The predicted octanol–water partition coefficient (Wildman–Crippen LogP) is 3.95. The first-order valence-electron chi connectivity index (χ1n) is 5.59. The Labute approximate surface area is 107 Å². The molecule has 1 nitrogen and oxygen atoms in total. The molecule has 0 aromatic heterocycles. The van der Waals surface area contributed by atoms with E-state index in [1.807, 2.05) is 23.9 Å². The predicted molar refractivity (Wildman–Crippen MR) is 72.1 cm³/mol. The van der Waals surface area contributed by atoms with Gasteiger partial charge in [-0.25, -0.2) is 0 Å². The lowest BCUT2D eigenvalue weighted by molar-refractivity contribution is 0.132. The van der Waals surface area contributed by atoms with Gasteiger partial charge in [0.15, 0.2) is 0 Å². The number of nitrogens with two attached hydrogens (primary N) is 1. The lowest BCUT2D eigenvalue weighted by atomic mass is 9.64. The number of hydrogen-bond donors (Lipinski definition) is 1. The van der Waals surface area contributed by atoms with Gasteiger partial charge in [0.05, 0.1) is 0 Å². The van der Waals surface area contributed by atoms with Crippen LogP contribution in [-0.2, 0) is 0 Å². The molecule has 1 aromatic carbocycles. The number of thioether (sulfide) groups is 1. The zero-order chi connectivity index (χ0) is 11.8. The molecule has 0 unspecified atom stereocenters. The van der Waals surface area contributed by atoms with Crippen molar-refractivity contribution in [2.45, 2.75) is 36.3 Å². The summed E-state index contributed by atoms with van der Waals surface area (Å²) < 4.78 is 0.247. The van der Waals surface area contributed by atoms with Crippen LogP contribution < -0.4 is 5.73 Å².